The van der Waals surface area contributed by atoms with Crippen LogP contribution in [0, 0.1) is 13.8 Å². The van der Waals surface area contributed by atoms with Gasteiger partial charge in [0.1, 0.15) is 0 Å². The molecular formula is C12H13BrN2O2S2. The molecule has 0 unspecified atom stereocenters. The second-order valence-corrected chi connectivity index (χ2v) is 8.01. The average molecular weight is 361 g/mol. The summed E-state index contributed by atoms with van der Waals surface area (Å²) in [5.41, 5.74) is 1.00. The summed E-state index contributed by atoms with van der Waals surface area (Å²) in [7, 11) is -3.51. The van der Waals surface area contributed by atoms with E-state index in [-0.39, 0.29) is 11.4 Å². The zero-order valence-corrected chi connectivity index (χ0v) is 13.7. The standard InChI is InChI=1S/C12H13BrN2O2S2/c1-8-3-4-12(11(13)5-8)19(16,17)15-7-10-6-14-9(2)18-10/h3-6,15H,7H2,1-2H3. The number of thiazole rings is 1. The van der Waals surface area contributed by atoms with Crippen molar-refractivity contribution in [1.82, 2.24) is 9.71 Å². The van der Waals surface area contributed by atoms with Crippen LogP contribution >= 0.6 is 27.3 Å². The van der Waals surface area contributed by atoms with Gasteiger partial charge in [-0.15, -0.1) is 11.3 Å². The minimum Gasteiger partial charge on any atom is -0.250 e. The lowest BCUT2D eigenvalue weighted by atomic mass is 10.2. The maximum Gasteiger partial charge on any atom is 0.242 e. The second-order valence-electron chi connectivity index (χ2n) is 4.10. The molecule has 102 valence electrons. The summed E-state index contributed by atoms with van der Waals surface area (Å²) in [6, 6.07) is 5.15. The van der Waals surface area contributed by atoms with Gasteiger partial charge < -0.3 is 0 Å². The lowest BCUT2D eigenvalue weighted by molar-refractivity contribution is 0.581. The van der Waals surface area contributed by atoms with E-state index in [1.807, 2.05) is 13.8 Å². The van der Waals surface area contributed by atoms with Crippen LogP contribution in [0.5, 0.6) is 0 Å². The maximum absolute atomic E-state index is 12.2. The van der Waals surface area contributed by atoms with Gasteiger partial charge >= 0.3 is 0 Å². The number of nitrogens with zero attached hydrogens (tertiary/aromatic N) is 1. The highest BCUT2D eigenvalue weighted by Crippen LogP contribution is 2.23. The number of hydrogen-bond donors (Lipinski definition) is 1. The predicted octanol–water partition coefficient (Wildman–Crippen LogP) is 3.00. The van der Waals surface area contributed by atoms with Gasteiger partial charge in [0.25, 0.3) is 0 Å². The molecule has 19 heavy (non-hydrogen) atoms. The molecule has 0 fully saturated rings. The van der Waals surface area contributed by atoms with E-state index in [1.54, 1.807) is 24.4 Å². The van der Waals surface area contributed by atoms with Crippen LogP contribution in [-0.4, -0.2) is 13.4 Å². The molecule has 0 aliphatic carbocycles. The number of aromatic nitrogens is 1. The molecule has 0 aliphatic rings. The van der Waals surface area contributed by atoms with Crippen LogP contribution in [0.2, 0.25) is 0 Å². The maximum atomic E-state index is 12.2. The minimum absolute atomic E-state index is 0.249. The van der Waals surface area contributed by atoms with Crippen molar-refractivity contribution < 1.29 is 8.42 Å². The fourth-order valence-electron chi connectivity index (χ4n) is 1.55. The summed E-state index contributed by atoms with van der Waals surface area (Å²) >= 11 is 4.76. The van der Waals surface area contributed by atoms with E-state index >= 15 is 0 Å². The first-order valence-electron chi connectivity index (χ1n) is 5.55. The summed E-state index contributed by atoms with van der Waals surface area (Å²) in [5.74, 6) is 0. The Bertz CT molecular complexity index is 696. The molecule has 0 amide bonds. The van der Waals surface area contributed by atoms with Crippen LogP contribution < -0.4 is 4.72 Å². The molecule has 0 atom stereocenters. The van der Waals surface area contributed by atoms with E-state index < -0.39 is 10.0 Å². The summed E-state index contributed by atoms with van der Waals surface area (Å²) in [6.07, 6.45) is 1.69. The van der Waals surface area contributed by atoms with Gasteiger partial charge in [-0.25, -0.2) is 18.1 Å². The fraction of sp³-hybridized carbons (Fsp3) is 0.250. The van der Waals surface area contributed by atoms with Gasteiger partial charge in [-0.1, -0.05) is 6.07 Å². The first-order valence-corrected chi connectivity index (χ1v) is 8.65. The number of nitrogens with one attached hydrogen (secondary N) is 1. The highest BCUT2D eigenvalue weighted by Gasteiger charge is 2.17. The Morgan fingerprint density at radius 3 is 2.68 bits per heavy atom. The third kappa shape index (κ3) is 3.62. The summed E-state index contributed by atoms with van der Waals surface area (Å²) < 4.78 is 27.5. The highest BCUT2D eigenvalue weighted by molar-refractivity contribution is 9.10. The van der Waals surface area contributed by atoms with E-state index in [2.05, 4.69) is 25.6 Å². The predicted molar refractivity (Wildman–Crippen MR) is 79.8 cm³/mol. The smallest absolute Gasteiger partial charge is 0.242 e. The molecule has 7 heteroatoms. The molecule has 2 rings (SSSR count). The van der Waals surface area contributed by atoms with E-state index in [0.717, 1.165) is 15.4 Å². The van der Waals surface area contributed by atoms with E-state index in [4.69, 9.17) is 0 Å². The Morgan fingerprint density at radius 2 is 2.11 bits per heavy atom. The molecule has 1 aromatic heterocycles. The number of benzene rings is 1. The zero-order valence-electron chi connectivity index (χ0n) is 10.5. The van der Waals surface area contributed by atoms with Crippen molar-refractivity contribution >= 4 is 37.3 Å². The third-order valence-corrected chi connectivity index (χ3v) is 5.77. The summed E-state index contributed by atoms with van der Waals surface area (Å²) in [6.45, 7) is 4.06. The molecule has 1 heterocycles. The monoisotopic (exact) mass is 360 g/mol. The molecule has 0 saturated carbocycles. The number of sulfonamides is 1. The molecule has 0 saturated heterocycles. The van der Waals surface area contributed by atoms with Crippen molar-refractivity contribution in [2.24, 2.45) is 0 Å². The number of aryl methyl sites for hydroxylation is 2. The van der Waals surface area contributed by atoms with Crippen LogP contribution in [0.4, 0.5) is 0 Å². The Labute approximate surface area is 125 Å². The van der Waals surface area contributed by atoms with Gasteiger partial charge in [0.2, 0.25) is 10.0 Å². The van der Waals surface area contributed by atoms with Crippen LogP contribution in [0.1, 0.15) is 15.4 Å². The molecule has 2 aromatic rings. The molecule has 1 aromatic carbocycles. The highest BCUT2D eigenvalue weighted by atomic mass is 79.9. The van der Waals surface area contributed by atoms with Gasteiger partial charge in [0.15, 0.2) is 0 Å². The van der Waals surface area contributed by atoms with Crippen LogP contribution in [0.25, 0.3) is 0 Å². The van der Waals surface area contributed by atoms with E-state index in [9.17, 15) is 8.42 Å². The Hall–Kier alpha value is -0.760. The lowest BCUT2D eigenvalue weighted by Gasteiger charge is -2.08. The van der Waals surface area contributed by atoms with Gasteiger partial charge in [-0.05, 0) is 47.5 Å². The zero-order chi connectivity index (χ0) is 14.0. The Balaban J connectivity index is 2.18. The van der Waals surface area contributed by atoms with Crippen LogP contribution in [-0.2, 0) is 16.6 Å². The quantitative estimate of drug-likeness (QED) is 0.911. The topological polar surface area (TPSA) is 59.1 Å². The number of halogens is 1. The SMILES string of the molecule is Cc1ccc(S(=O)(=O)NCc2cnc(C)s2)c(Br)c1. The van der Waals surface area contributed by atoms with E-state index in [0.29, 0.717) is 4.47 Å². The fourth-order valence-corrected chi connectivity index (χ4v) is 4.58. The molecule has 0 radical (unpaired) electrons. The summed E-state index contributed by atoms with van der Waals surface area (Å²) in [4.78, 5) is 5.24. The third-order valence-electron chi connectivity index (χ3n) is 2.48. The van der Waals surface area contributed by atoms with Crippen molar-refractivity contribution in [1.29, 1.82) is 0 Å². The molecular weight excluding hydrogens is 348 g/mol. The van der Waals surface area contributed by atoms with E-state index in [1.165, 1.54) is 11.3 Å². The summed E-state index contributed by atoms with van der Waals surface area (Å²) in [5, 5.41) is 0.922. The normalized spacial score (nSPS) is 11.7. The largest absolute Gasteiger partial charge is 0.250 e. The van der Waals surface area contributed by atoms with Crippen molar-refractivity contribution in [3.05, 3.63) is 44.3 Å². The molecule has 4 nitrogen and oxygen atoms in total. The van der Waals surface area contributed by atoms with Crippen LogP contribution in [0.15, 0.2) is 33.8 Å². The van der Waals surface area contributed by atoms with Gasteiger partial charge in [-0.3, -0.25) is 0 Å². The van der Waals surface area contributed by atoms with Crippen molar-refractivity contribution in [2.75, 3.05) is 0 Å². The molecule has 0 bridgehead atoms. The van der Waals surface area contributed by atoms with Crippen LogP contribution in [0.3, 0.4) is 0 Å². The lowest BCUT2D eigenvalue weighted by Crippen LogP contribution is -2.23. The first kappa shape index (κ1) is 14.6. The van der Waals surface area contributed by atoms with Gasteiger partial charge in [-0.2, -0.15) is 0 Å². The number of rotatable bonds is 4. The van der Waals surface area contributed by atoms with Gasteiger partial charge in [0.05, 0.1) is 9.90 Å². The Kier molecular flexibility index (Phi) is 4.39. The van der Waals surface area contributed by atoms with Gasteiger partial charge in [0, 0.05) is 22.1 Å². The molecule has 1 N–H and O–H groups in total. The average Bonchev–Trinajstić information content (AvgIpc) is 2.72. The first-order chi connectivity index (χ1) is 8.88. The second kappa shape index (κ2) is 5.70. The Morgan fingerprint density at radius 1 is 1.37 bits per heavy atom. The van der Waals surface area contributed by atoms with Crippen molar-refractivity contribution in [2.45, 2.75) is 25.3 Å². The molecule has 0 spiro atoms. The number of hydrogen-bond acceptors (Lipinski definition) is 4. The minimum atomic E-state index is -3.51. The van der Waals surface area contributed by atoms with Crippen molar-refractivity contribution in [3.63, 3.8) is 0 Å². The molecule has 0 aliphatic heterocycles. The van der Waals surface area contributed by atoms with Crippen molar-refractivity contribution in [3.8, 4) is 0 Å².